The van der Waals surface area contributed by atoms with Gasteiger partial charge >= 0.3 is 0 Å². The Kier molecular flexibility index (Phi) is 3.78. The summed E-state index contributed by atoms with van der Waals surface area (Å²) in [6.07, 6.45) is 4.87. The van der Waals surface area contributed by atoms with Crippen molar-refractivity contribution in [3.05, 3.63) is 23.8 Å². The first-order chi connectivity index (χ1) is 9.65. The number of benzene rings is 1. The summed E-state index contributed by atoms with van der Waals surface area (Å²) in [6, 6.07) is 2.68. The third-order valence-electron chi connectivity index (χ3n) is 4.48. The lowest BCUT2D eigenvalue weighted by atomic mass is 10.1. The van der Waals surface area contributed by atoms with E-state index >= 15 is 0 Å². The van der Waals surface area contributed by atoms with Gasteiger partial charge in [-0.25, -0.2) is 8.78 Å². The maximum atomic E-state index is 13.5. The molecule has 2 aliphatic rings. The van der Waals surface area contributed by atoms with E-state index < -0.39 is 11.6 Å². The zero-order valence-electron chi connectivity index (χ0n) is 11.6. The van der Waals surface area contributed by atoms with E-state index in [1.165, 1.54) is 25.3 Å². The second-order valence-electron chi connectivity index (χ2n) is 5.81. The Morgan fingerprint density at radius 3 is 2.55 bits per heavy atom. The van der Waals surface area contributed by atoms with Gasteiger partial charge in [0.1, 0.15) is 5.82 Å². The lowest BCUT2D eigenvalue weighted by Gasteiger charge is -2.32. The number of halogens is 2. The molecule has 0 aliphatic carbocycles. The molecule has 2 heterocycles. The highest BCUT2D eigenvalue weighted by Gasteiger charge is 2.30. The summed E-state index contributed by atoms with van der Waals surface area (Å²) >= 11 is 0. The van der Waals surface area contributed by atoms with Crippen molar-refractivity contribution in [1.29, 1.82) is 0 Å². The normalized spacial score (nSPS) is 24.3. The fourth-order valence-corrected chi connectivity index (χ4v) is 3.38. The van der Waals surface area contributed by atoms with Crippen molar-refractivity contribution in [3.8, 4) is 0 Å². The third kappa shape index (κ3) is 2.59. The van der Waals surface area contributed by atoms with Crippen LogP contribution in [-0.2, 0) is 0 Å². The van der Waals surface area contributed by atoms with Crippen LogP contribution in [0.2, 0.25) is 0 Å². The van der Waals surface area contributed by atoms with Crippen molar-refractivity contribution < 1.29 is 8.78 Å². The summed E-state index contributed by atoms with van der Waals surface area (Å²) < 4.78 is 26.9. The molecule has 1 aromatic rings. The van der Waals surface area contributed by atoms with Crippen molar-refractivity contribution in [3.63, 3.8) is 0 Å². The topological polar surface area (TPSA) is 32.5 Å². The molecule has 1 atom stereocenters. The maximum Gasteiger partial charge on any atom is 0.151 e. The number of nitrogen functional groups attached to an aromatic ring is 1. The molecule has 2 saturated heterocycles. The molecule has 0 saturated carbocycles. The number of anilines is 2. The van der Waals surface area contributed by atoms with E-state index in [1.807, 2.05) is 4.90 Å². The average Bonchev–Trinajstić information content (AvgIpc) is 2.93. The van der Waals surface area contributed by atoms with Crippen LogP contribution in [0.1, 0.15) is 25.7 Å². The smallest absolute Gasteiger partial charge is 0.151 e. The van der Waals surface area contributed by atoms with Gasteiger partial charge < -0.3 is 10.6 Å². The van der Waals surface area contributed by atoms with Gasteiger partial charge in [-0.1, -0.05) is 6.42 Å². The van der Waals surface area contributed by atoms with Gasteiger partial charge in [0.2, 0.25) is 0 Å². The predicted octanol–water partition coefficient (Wildman–Crippen LogP) is 2.61. The Hall–Kier alpha value is -1.36. The van der Waals surface area contributed by atoms with Crippen molar-refractivity contribution in [2.24, 2.45) is 0 Å². The number of hydrogen-bond donors (Lipinski definition) is 1. The SMILES string of the molecule is Nc1c(F)cc(F)cc1N1CCC(N2CCCCC2)C1. The molecule has 2 N–H and O–H groups in total. The second-order valence-corrected chi connectivity index (χ2v) is 5.81. The summed E-state index contributed by atoms with van der Waals surface area (Å²) in [6.45, 7) is 3.92. The Balaban J connectivity index is 1.73. The molecular formula is C15H21F2N3. The number of piperidine rings is 1. The highest BCUT2D eigenvalue weighted by molar-refractivity contribution is 5.68. The first kappa shape index (κ1) is 13.6. The number of hydrogen-bond acceptors (Lipinski definition) is 3. The molecule has 0 radical (unpaired) electrons. The van der Waals surface area contributed by atoms with Crippen LogP contribution < -0.4 is 10.6 Å². The lowest BCUT2D eigenvalue weighted by molar-refractivity contribution is 0.175. The highest BCUT2D eigenvalue weighted by atomic mass is 19.1. The van der Waals surface area contributed by atoms with Gasteiger partial charge in [-0.3, -0.25) is 4.90 Å². The minimum atomic E-state index is -0.665. The Labute approximate surface area is 118 Å². The van der Waals surface area contributed by atoms with Crippen LogP contribution in [0.15, 0.2) is 12.1 Å². The minimum Gasteiger partial charge on any atom is -0.395 e. The van der Waals surface area contributed by atoms with Gasteiger partial charge in [-0.05, 0) is 38.4 Å². The predicted molar refractivity (Wildman–Crippen MR) is 76.8 cm³/mol. The van der Waals surface area contributed by atoms with Crippen LogP contribution in [0.25, 0.3) is 0 Å². The molecular weight excluding hydrogens is 260 g/mol. The maximum absolute atomic E-state index is 13.5. The van der Waals surface area contributed by atoms with Gasteiger partial charge in [0.05, 0.1) is 11.4 Å². The van der Waals surface area contributed by atoms with Gasteiger partial charge in [0, 0.05) is 25.2 Å². The van der Waals surface area contributed by atoms with Crippen LogP contribution in [0.5, 0.6) is 0 Å². The zero-order chi connectivity index (χ0) is 14.1. The fraction of sp³-hybridized carbons (Fsp3) is 0.600. The summed E-state index contributed by atoms with van der Waals surface area (Å²) in [5, 5.41) is 0. The monoisotopic (exact) mass is 281 g/mol. The second kappa shape index (κ2) is 5.56. The number of likely N-dealkylation sites (tertiary alicyclic amines) is 1. The van der Waals surface area contributed by atoms with E-state index in [1.54, 1.807) is 0 Å². The number of rotatable bonds is 2. The first-order valence-electron chi connectivity index (χ1n) is 7.38. The van der Waals surface area contributed by atoms with E-state index in [2.05, 4.69) is 4.90 Å². The van der Waals surface area contributed by atoms with Gasteiger partial charge in [-0.2, -0.15) is 0 Å². The molecule has 0 aromatic heterocycles. The first-order valence-corrected chi connectivity index (χ1v) is 7.38. The molecule has 20 heavy (non-hydrogen) atoms. The van der Waals surface area contributed by atoms with Crippen LogP contribution in [-0.4, -0.2) is 37.1 Å². The molecule has 1 unspecified atom stereocenters. The third-order valence-corrected chi connectivity index (χ3v) is 4.48. The van der Waals surface area contributed by atoms with Crippen LogP contribution >= 0.6 is 0 Å². The molecule has 0 amide bonds. The van der Waals surface area contributed by atoms with Gasteiger partial charge in [0.15, 0.2) is 5.82 Å². The van der Waals surface area contributed by atoms with E-state index in [0.29, 0.717) is 11.7 Å². The summed E-state index contributed by atoms with van der Waals surface area (Å²) in [5.41, 5.74) is 6.32. The van der Waals surface area contributed by atoms with E-state index in [-0.39, 0.29) is 5.69 Å². The molecule has 1 aromatic carbocycles. The van der Waals surface area contributed by atoms with Crippen molar-refractivity contribution in [1.82, 2.24) is 4.90 Å². The molecule has 2 fully saturated rings. The average molecular weight is 281 g/mol. The van der Waals surface area contributed by atoms with Crippen molar-refractivity contribution in [2.45, 2.75) is 31.7 Å². The van der Waals surface area contributed by atoms with Crippen LogP contribution in [0.3, 0.4) is 0 Å². The van der Waals surface area contributed by atoms with Crippen LogP contribution in [0.4, 0.5) is 20.2 Å². The van der Waals surface area contributed by atoms with Crippen molar-refractivity contribution >= 4 is 11.4 Å². The van der Waals surface area contributed by atoms with E-state index in [9.17, 15) is 8.78 Å². The van der Waals surface area contributed by atoms with Gasteiger partial charge in [0.25, 0.3) is 0 Å². The van der Waals surface area contributed by atoms with Crippen molar-refractivity contribution in [2.75, 3.05) is 36.8 Å². The Bertz CT molecular complexity index is 486. The standard InChI is InChI=1S/C15H21F2N3/c16-11-8-13(17)15(18)14(9-11)20-7-4-12(10-20)19-5-2-1-3-6-19/h8-9,12H,1-7,10,18H2. The summed E-state index contributed by atoms with van der Waals surface area (Å²) in [5.74, 6) is -1.23. The van der Waals surface area contributed by atoms with Gasteiger partial charge in [-0.15, -0.1) is 0 Å². The molecule has 3 nitrogen and oxygen atoms in total. The highest BCUT2D eigenvalue weighted by Crippen LogP contribution is 2.31. The largest absolute Gasteiger partial charge is 0.395 e. The molecule has 3 rings (SSSR count). The number of nitrogens with zero attached hydrogens (tertiary/aromatic N) is 2. The lowest BCUT2D eigenvalue weighted by Crippen LogP contribution is -2.40. The molecule has 5 heteroatoms. The molecule has 2 aliphatic heterocycles. The minimum absolute atomic E-state index is 0.0608. The fourth-order valence-electron chi connectivity index (χ4n) is 3.38. The van der Waals surface area contributed by atoms with Crippen LogP contribution in [0, 0.1) is 11.6 Å². The molecule has 0 bridgehead atoms. The molecule has 0 spiro atoms. The summed E-state index contributed by atoms with van der Waals surface area (Å²) in [4.78, 5) is 4.52. The summed E-state index contributed by atoms with van der Waals surface area (Å²) in [7, 11) is 0. The Morgan fingerprint density at radius 1 is 1.05 bits per heavy atom. The quantitative estimate of drug-likeness (QED) is 0.846. The zero-order valence-corrected chi connectivity index (χ0v) is 11.6. The number of nitrogens with two attached hydrogens (primary N) is 1. The van der Waals surface area contributed by atoms with E-state index in [4.69, 9.17) is 5.73 Å². The Morgan fingerprint density at radius 2 is 1.80 bits per heavy atom. The molecule has 110 valence electrons. The van der Waals surface area contributed by atoms with E-state index in [0.717, 1.165) is 38.7 Å².